The van der Waals surface area contributed by atoms with E-state index in [9.17, 15) is 0 Å². The van der Waals surface area contributed by atoms with Gasteiger partial charge in [0.05, 0.1) is 0 Å². The van der Waals surface area contributed by atoms with Crippen LogP contribution in [0.4, 0.5) is 0 Å². The molecule has 3 nitrogen and oxygen atoms in total. The summed E-state index contributed by atoms with van der Waals surface area (Å²) in [5, 5.41) is 9.58. The largest absolute Gasteiger partial charge is 0.484 e. The molecule has 4 heteroatoms. The second-order valence-electron chi connectivity index (χ2n) is 4.51. The summed E-state index contributed by atoms with van der Waals surface area (Å²) in [5.41, 5.74) is 7.85. The molecule has 0 saturated heterocycles. The Balaban J connectivity index is 2.07. The van der Waals surface area contributed by atoms with Crippen molar-refractivity contribution >= 4 is 11.6 Å². The Morgan fingerprint density at radius 2 is 1.70 bits per heavy atom. The van der Waals surface area contributed by atoms with Crippen LogP contribution in [0.5, 0.6) is 5.75 Å². The first-order valence-corrected chi connectivity index (χ1v) is 6.92. The van der Waals surface area contributed by atoms with Crippen LogP contribution >= 0.6 is 11.6 Å². The Hall–Kier alpha value is -1.55. The van der Waals surface area contributed by atoms with Crippen molar-refractivity contribution in [2.45, 2.75) is 12.5 Å². The Morgan fingerprint density at radius 1 is 1.05 bits per heavy atom. The van der Waals surface area contributed by atoms with Gasteiger partial charge in [-0.1, -0.05) is 35.9 Å². The van der Waals surface area contributed by atoms with Crippen molar-refractivity contribution in [3.8, 4) is 5.75 Å². The molecule has 106 valence electrons. The van der Waals surface area contributed by atoms with Crippen LogP contribution < -0.4 is 10.5 Å². The third-order valence-corrected chi connectivity index (χ3v) is 3.31. The Morgan fingerprint density at radius 3 is 2.25 bits per heavy atom. The Labute approximate surface area is 123 Å². The minimum absolute atomic E-state index is 0.149. The van der Waals surface area contributed by atoms with Crippen LogP contribution in [0, 0.1) is 0 Å². The highest BCUT2D eigenvalue weighted by Crippen LogP contribution is 2.23. The number of rotatable bonds is 6. The van der Waals surface area contributed by atoms with E-state index >= 15 is 0 Å². The summed E-state index contributed by atoms with van der Waals surface area (Å²) in [4.78, 5) is 0. The third-order valence-electron chi connectivity index (χ3n) is 3.06. The number of ether oxygens (including phenoxy) is 1. The smallest absolute Gasteiger partial charge is 0.136 e. The molecule has 0 aliphatic carbocycles. The van der Waals surface area contributed by atoms with Crippen LogP contribution in [0.3, 0.4) is 0 Å². The zero-order chi connectivity index (χ0) is 14.4. The quantitative estimate of drug-likeness (QED) is 0.860. The van der Waals surface area contributed by atoms with Crippen molar-refractivity contribution in [3.63, 3.8) is 0 Å². The molecule has 1 atom stereocenters. The molecule has 0 bridgehead atoms. The standard InChI is InChI=1S/C16H18ClNO2/c17-14-5-3-13(4-6-14)16(11-18)20-15-7-1-12(2-8-15)9-10-19/h1-8,16,19H,9-11,18H2. The molecule has 2 aromatic carbocycles. The second-order valence-corrected chi connectivity index (χ2v) is 4.95. The third kappa shape index (κ3) is 3.97. The molecular weight excluding hydrogens is 274 g/mol. The predicted molar refractivity (Wildman–Crippen MR) is 81.1 cm³/mol. The monoisotopic (exact) mass is 291 g/mol. The highest BCUT2D eigenvalue weighted by Gasteiger charge is 2.11. The molecule has 0 fully saturated rings. The van der Waals surface area contributed by atoms with Crippen LogP contribution in [0.1, 0.15) is 17.2 Å². The zero-order valence-corrected chi connectivity index (χ0v) is 11.9. The summed E-state index contributed by atoms with van der Waals surface area (Å²) in [6.07, 6.45) is 0.452. The number of halogens is 1. The molecule has 0 aliphatic heterocycles. The van der Waals surface area contributed by atoms with E-state index in [1.54, 1.807) is 0 Å². The maximum Gasteiger partial charge on any atom is 0.136 e. The van der Waals surface area contributed by atoms with E-state index in [1.165, 1.54) is 0 Å². The van der Waals surface area contributed by atoms with Gasteiger partial charge in [0.15, 0.2) is 0 Å². The Kier molecular flexibility index (Phi) is 5.41. The van der Waals surface area contributed by atoms with Crippen LogP contribution in [-0.4, -0.2) is 18.3 Å². The zero-order valence-electron chi connectivity index (χ0n) is 11.1. The normalized spacial score (nSPS) is 12.2. The molecule has 0 spiro atoms. The van der Waals surface area contributed by atoms with Crippen molar-refractivity contribution in [3.05, 3.63) is 64.7 Å². The van der Waals surface area contributed by atoms with Gasteiger partial charge in [0.1, 0.15) is 11.9 Å². The van der Waals surface area contributed by atoms with Gasteiger partial charge in [-0.3, -0.25) is 0 Å². The molecule has 0 aliphatic rings. The number of benzene rings is 2. The summed E-state index contributed by atoms with van der Waals surface area (Å²) in [6, 6.07) is 15.2. The molecule has 2 aromatic rings. The molecule has 2 rings (SSSR count). The van der Waals surface area contributed by atoms with Gasteiger partial charge in [-0.05, 0) is 41.8 Å². The summed E-state index contributed by atoms with van der Waals surface area (Å²) < 4.78 is 5.89. The average molecular weight is 292 g/mol. The van der Waals surface area contributed by atoms with Gasteiger partial charge in [-0.2, -0.15) is 0 Å². The molecule has 0 amide bonds. The average Bonchev–Trinajstić information content (AvgIpc) is 2.48. The van der Waals surface area contributed by atoms with Crippen molar-refractivity contribution in [2.24, 2.45) is 5.73 Å². The van der Waals surface area contributed by atoms with Gasteiger partial charge < -0.3 is 15.6 Å². The number of aliphatic hydroxyl groups is 1. The number of aliphatic hydroxyl groups excluding tert-OH is 1. The van der Waals surface area contributed by atoms with Crippen molar-refractivity contribution in [2.75, 3.05) is 13.2 Å². The van der Waals surface area contributed by atoms with E-state index < -0.39 is 0 Å². The lowest BCUT2D eigenvalue weighted by atomic mass is 10.1. The highest BCUT2D eigenvalue weighted by molar-refractivity contribution is 6.30. The number of hydrogen-bond acceptors (Lipinski definition) is 3. The lowest BCUT2D eigenvalue weighted by Gasteiger charge is -2.18. The molecule has 3 N–H and O–H groups in total. The van der Waals surface area contributed by atoms with Crippen molar-refractivity contribution < 1.29 is 9.84 Å². The first kappa shape index (κ1) is 14.9. The van der Waals surface area contributed by atoms with Crippen LogP contribution in [-0.2, 0) is 6.42 Å². The van der Waals surface area contributed by atoms with Gasteiger partial charge in [0, 0.05) is 18.2 Å². The fourth-order valence-corrected chi connectivity index (χ4v) is 2.08. The summed E-state index contributed by atoms with van der Waals surface area (Å²) in [6.45, 7) is 0.538. The fraction of sp³-hybridized carbons (Fsp3) is 0.250. The van der Waals surface area contributed by atoms with Gasteiger partial charge >= 0.3 is 0 Å². The van der Waals surface area contributed by atoms with Crippen molar-refractivity contribution in [1.82, 2.24) is 0 Å². The molecular formula is C16H18ClNO2. The first-order chi connectivity index (χ1) is 9.72. The predicted octanol–water partition coefficient (Wildman–Crippen LogP) is 2.95. The van der Waals surface area contributed by atoms with Gasteiger partial charge in [0.25, 0.3) is 0 Å². The molecule has 0 aromatic heterocycles. The minimum Gasteiger partial charge on any atom is -0.484 e. The molecule has 1 unspecified atom stereocenters. The maximum absolute atomic E-state index is 8.88. The van der Waals surface area contributed by atoms with Crippen molar-refractivity contribution in [1.29, 1.82) is 0 Å². The molecule has 20 heavy (non-hydrogen) atoms. The van der Waals surface area contributed by atoms with Crippen LogP contribution in [0.2, 0.25) is 5.02 Å². The first-order valence-electron chi connectivity index (χ1n) is 6.55. The number of hydrogen-bond donors (Lipinski definition) is 2. The summed E-state index contributed by atoms with van der Waals surface area (Å²) >= 11 is 5.87. The van der Waals surface area contributed by atoms with Gasteiger partial charge in [-0.25, -0.2) is 0 Å². The van der Waals surface area contributed by atoms with Gasteiger partial charge in [-0.15, -0.1) is 0 Å². The van der Waals surface area contributed by atoms with Crippen LogP contribution in [0.25, 0.3) is 0 Å². The van der Waals surface area contributed by atoms with E-state index in [0.29, 0.717) is 18.0 Å². The maximum atomic E-state index is 8.88. The lowest BCUT2D eigenvalue weighted by molar-refractivity contribution is 0.214. The topological polar surface area (TPSA) is 55.5 Å². The minimum atomic E-state index is -0.198. The molecule has 0 heterocycles. The van der Waals surface area contributed by atoms with Gasteiger partial charge in [0.2, 0.25) is 0 Å². The van der Waals surface area contributed by atoms with E-state index in [2.05, 4.69) is 0 Å². The van der Waals surface area contributed by atoms with E-state index in [1.807, 2.05) is 48.5 Å². The van der Waals surface area contributed by atoms with E-state index in [-0.39, 0.29) is 12.7 Å². The Bertz CT molecular complexity index is 525. The lowest BCUT2D eigenvalue weighted by Crippen LogP contribution is -2.18. The summed E-state index contributed by atoms with van der Waals surface area (Å²) in [7, 11) is 0. The summed E-state index contributed by atoms with van der Waals surface area (Å²) in [5.74, 6) is 0.761. The second kappa shape index (κ2) is 7.29. The highest BCUT2D eigenvalue weighted by atomic mass is 35.5. The molecule has 0 saturated carbocycles. The van der Waals surface area contributed by atoms with Crippen LogP contribution in [0.15, 0.2) is 48.5 Å². The number of nitrogens with two attached hydrogens (primary N) is 1. The van der Waals surface area contributed by atoms with E-state index in [4.69, 9.17) is 27.2 Å². The van der Waals surface area contributed by atoms with E-state index in [0.717, 1.165) is 16.9 Å². The fourth-order valence-electron chi connectivity index (χ4n) is 1.96. The SMILES string of the molecule is NCC(Oc1ccc(CCO)cc1)c1ccc(Cl)cc1. The molecule has 0 radical (unpaired) electrons.